The van der Waals surface area contributed by atoms with Crippen LogP contribution in [0.15, 0.2) is 78.0 Å². The fourth-order valence-electron chi connectivity index (χ4n) is 3.15. The molecule has 5 heteroatoms. The summed E-state index contributed by atoms with van der Waals surface area (Å²) in [7, 11) is 1.60. The van der Waals surface area contributed by atoms with Gasteiger partial charge in [0.15, 0.2) is 0 Å². The molecule has 3 aromatic rings. The first-order valence-electron chi connectivity index (χ1n) is 9.00. The van der Waals surface area contributed by atoms with Gasteiger partial charge in [0.2, 0.25) is 0 Å². The Morgan fingerprint density at radius 3 is 2.57 bits per heavy atom. The second-order valence-electron chi connectivity index (χ2n) is 6.29. The zero-order chi connectivity index (χ0) is 19.3. The van der Waals surface area contributed by atoms with Crippen molar-refractivity contribution in [1.29, 1.82) is 0 Å². The molecule has 0 aliphatic carbocycles. The third-order valence-electron chi connectivity index (χ3n) is 4.57. The van der Waals surface area contributed by atoms with Gasteiger partial charge >= 0.3 is 5.97 Å². The SMILES string of the molecule is COc1ccc2c(c1)OCC/C2=N/OC(=O)c1ccccc1-c1ccccc1. The van der Waals surface area contributed by atoms with E-state index in [-0.39, 0.29) is 0 Å². The number of hydrogen-bond donors (Lipinski definition) is 0. The molecule has 1 heterocycles. The molecule has 0 bridgehead atoms. The van der Waals surface area contributed by atoms with Crippen LogP contribution in [0.3, 0.4) is 0 Å². The minimum atomic E-state index is -0.492. The predicted octanol–water partition coefficient (Wildman–Crippen LogP) is 4.71. The van der Waals surface area contributed by atoms with Crippen molar-refractivity contribution >= 4 is 11.7 Å². The molecule has 28 heavy (non-hydrogen) atoms. The number of rotatable bonds is 4. The Balaban J connectivity index is 1.60. The highest BCUT2D eigenvalue weighted by Gasteiger charge is 2.20. The van der Waals surface area contributed by atoms with E-state index in [1.807, 2.05) is 60.7 Å². The van der Waals surface area contributed by atoms with Crippen LogP contribution in [0.2, 0.25) is 0 Å². The van der Waals surface area contributed by atoms with Gasteiger partial charge in [-0.1, -0.05) is 53.7 Å². The quantitative estimate of drug-likeness (QED) is 0.491. The number of oxime groups is 1. The molecule has 0 N–H and O–H groups in total. The van der Waals surface area contributed by atoms with Crippen molar-refractivity contribution < 1.29 is 19.1 Å². The van der Waals surface area contributed by atoms with E-state index in [9.17, 15) is 4.79 Å². The molecule has 0 amide bonds. The van der Waals surface area contributed by atoms with Gasteiger partial charge in [-0.05, 0) is 29.3 Å². The Kier molecular flexibility index (Phi) is 5.06. The van der Waals surface area contributed by atoms with Crippen molar-refractivity contribution in [3.05, 3.63) is 83.9 Å². The van der Waals surface area contributed by atoms with E-state index in [0.29, 0.717) is 35.8 Å². The van der Waals surface area contributed by atoms with E-state index in [0.717, 1.165) is 16.7 Å². The summed E-state index contributed by atoms with van der Waals surface area (Å²) >= 11 is 0. The molecule has 0 radical (unpaired) electrons. The minimum absolute atomic E-state index is 0.469. The Labute approximate surface area is 163 Å². The van der Waals surface area contributed by atoms with Crippen LogP contribution >= 0.6 is 0 Å². The third-order valence-corrected chi connectivity index (χ3v) is 4.57. The largest absolute Gasteiger partial charge is 0.497 e. The Morgan fingerprint density at radius 2 is 1.75 bits per heavy atom. The molecule has 0 unspecified atom stereocenters. The number of nitrogens with zero attached hydrogens (tertiary/aromatic N) is 1. The van der Waals surface area contributed by atoms with E-state index in [1.54, 1.807) is 19.2 Å². The minimum Gasteiger partial charge on any atom is -0.497 e. The molecule has 0 saturated carbocycles. The van der Waals surface area contributed by atoms with Crippen LogP contribution in [0, 0.1) is 0 Å². The maximum absolute atomic E-state index is 12.7. The van der Waals surface area contributed by atoms with E-state index in [1.165, 1.54) is 0 Å². The average Bonchev–Trinajstić information content (AvgIpc) is 2.77. The molecular formula is C23H19NO4. The summed E-state index contributed by atoms with van der Waals surface area (Å²) in [6.45, 7) is 0.469. The summed E-state index contributed by atoms with van der Waals surface area (Å²) < 4.78 is 10.9. The molecule has 0 fully saturated rings. The van der Waals surface area contributed by atoms with Gasteiger partial charge in [0.05, 0.1) is 25.0 Å². The van der Waals surface area contributed by atoms with Gasteiger partial charge in [0.1, 0.15) is 11.5 Å². The second kappa shape index (κ2) is 7.96. The van der Waals surface area contributed by atoms with Crippen molar-refractivity contribution in [2.45, 2.75) is 6.42 Å². The van der Waals surface area contributed by atoms with Gasteiger partial charge in [-0.15, -0.1) is 0 Å². The highest BCUT2D eigenvalue weighted by atomic mass is 16.7. The van der Waals surface area contributed by atoms with Crippen LogP contribution in [0.5, 0.6) is 11.5 Å². The molecule has 4 rings (SSSR count). The summed E-state index contributed by atoms with van der Waals surface area (Å²) in [5.74, 6) is 0.882. The van der Waals surface area contributed by atoms with Crippen LogP contribution in [0.1, 0.15) is 22.3 Å². The van der Waals surface area contributed by atoms with Crippen LogP contribution < -0.4 is 9.47 Å². The number of ether oxygens (including phenoxy) is 2. The number of carbonyl (C=O) groups excluding carboxylic acids is 1. The first kappa shape index (κ1) is 17.8. The lowest BCUT2D eigenvalue weighted by Gasteiger charge is -2.19. The molecule has 1 aliphatic rings. The maximum Gasteiger partial charge on any atom is 0.366 e. The average molecular weight is 373 g/mol. The van der Waals surface area contributed by atoms with Crippen molar-refractivity contribution in [3.63, 3.8) is 0 Å². The van der Waals surface area contributed by atoms with E-state index >= 15 is 0 Å². The van der Waals surface area contributed by atoms with Crippen LogP contribution in [-0.4, -0.2) is 25.4 Å². The molecule has 140 valence electrons. The fourth-order valence-corrected chi connectivity index (χ4v) is 3.15. The van der Waals surface area contributed by atoms with Gasteiger partial charge in [-0.2, -0.15) is 0 Å². The molecule has 3 aromatic carbocycles. The fraction of sp³-hybridized carbons (Fsp3) is 0.130. The smallest absolute Gasteiger partial charge is 0.366 e. The highest BCUT2D eigenvalue weighted by Crippen LogP contribution is 2.30. The molecule has 0 aromatic heterocycles. The lowest BCUT2D eigenvalue weighted by molar-refractivity contribution is 0.0515. The second-order valence-corrected chi connectivity index (χ2v) is 6.29. The summed E-state index contributed by atoms with van der Waals surface area (Å²) in [6.07, 6.45) is 0.562. The third kappa shape index (κ3) is 3.60. The van der Waals surface area contributed by atoms with Gasteiger partial charge in [-0.25, -0.2) is 4.79 Å². The van der Waals surface area contributed by atoms with E-state index in [2.05, 4.69) is 5.16 Å². The molecular weight excluding hydrogens is 354 g/mol. The Hall–Kier alpha value is -3.60. The number of fused-ring (bicyclic) bond motifs is 1. The maximum atomic E-state index is 12.7. The van der Waals surface area contributed by atoms with Crippen molar-refractivity contribution in [2.24, 2.45) is 5.16 Å². The number of benzene rings is 3. The molecule has 1 aliphatic heterocycles. The van der Waals surface area contributed by atoms with E-state index in [4.69, 9.17) is 14.3 Å². The molecule has 0 saturated heterocycles. The summed E-state index contributed by atoms with van der Waals surface area (Å²) in [4.78, 5) is 18.0. The van der Waals surface area contributed by atoms with Crippen molar-refractivity contribution in [1.82, 2.24) is 0 Å². The van der Waals surface area contributed by atoms with Crippen LogP contribution in [-0.2, 0) is 4.84 Å². The normalized spacial score (nSPS) is 14.1. The lowest BCUT2D eigenvalue weighted by atomic mass is 10.00. The molecule has 0 spiro atoms. The van der Waals surface area contributed by atoms with Crippen LogP contribution in [0.25, 0.3) is 11.1 Å². The van der Waals surface area contributed by atoms with Crippen molar-refractivity contribution in [2.75, 3.05) is 13.7 Å². The predicted molar refractivity (Wildman–Crippen MR) is 107 cm³/mol. The van der Waals surface area contributed by atoms with Gasteiger partial charge in [-0.3, -0.25) is 0 Å². The molecule has 0 atom stereocenters. The topological polar surface area (TPSA) is 57.1 Å². The lowest BCUT2D eigenvalue weighted by Crippen LogP contribution is -2.17. The number of hydrogen-bond acceptors (Lipinski definition) is 5. The first-order valence-corrected chi connectivity index (χ1v) is 9.00. The summed E-state index contributed by atoms with van der Waals surface area (Å²) in [6, 6.07) is 22.6. The standard InChI is InChI=1S/C23H19NO4/c1-26-17-11-12-20-21(13-14-27-22(20)15-17)24-28-23(25)19-10-6-5-9-18(19)16-7-3-2-4-8-16/h2-12,15H,13-14H2,1H3/b24-21-. The monoisotopic (exact) mass is 373 g/mol. The number of methoxy groups -OCH3 is 1. The summed E-state index contributed by atoms with van der Waals surface area (Å²) in [5, 5.41) is 4.14. The first-order chi connectivity index (χ1) is 13.8. The molecule has 5 nitrogen and oxygen atoms in total. The van der Waals surface area contributed by atoms with Gasteiger partial charge in [0, 0.05) is 18.1 Å². The Morgan fingerprint density at radius 1 is 0.964 bits per heavy atom. The Bertz CT molecular complexity index is 1030. The zero-order valence-electron chi connectivity index (χ0n) is 15.4. The van der Waals surface area contributed by atoms with Crippen molar-refractivity contribution in [3.8, 4) is 22.6 Å². The van der Waals surface area contributed by atoms with Gasteiger partial charge < -0.3 is 14.3 Å². The van der Waals surface area contributed by atoms with E-state index < -0.39 is 5.97 Å². The van der Waals surface area contributed by atoms with Crippen LogP contribution in [0.4, 0.5) is 0 Å². The highest BCUT2D eigenvalue weighted by molar-refractivity contribution is 6.04. The summed E-state index contributed by atoms with van der Waals surface area (Å²) in [5.41, 5.74) is 3.71. The van der Waals surface area contributed by atoms with Gasteiger partial charge in [0.25, 0.3) is 0 Å². The number of carbonyl (C=O) groups is 1. The zero-order valence-corrected chi connectivity index (χ0v) is 15.4.